The summed E-state index contributed by atoms with van der Waals surface area (Å²) >= 11 is 0. The molecule has 0 saturated carbocycles. The van der Waals surface area contributed by atoms with E-state index < -0.39 is 59.0 Å². The van der Waals surface area contributed by atoms with Gasteiger partial charge in [-0.15, -0.1) is 13.2 Å². The molecule has 0 atom stereocenters. The number of halogens is 10. The van der Waals surface area contributed by atoms with E-state index in [1.54, 1.807) is 0 Å². The lowest BCUT2D eigenvalue weighted by molar-refractivity contribution is -0.348. The summed E-state index contributed by atoms with van der Waals surface area (Å²) in [5, 5.41) is 0. The van der Waals surface area contributed by atoms with Crippen LogP contribution in [0.1, 0.15) is 16.7 Å². The van der Waals surface area contributed by atoms with Crippen molar-refractivity contribution in [3.05, 3.63) is 53.1 Å². The first-order chi connectivity index (χ1) is 14.0. The summed E-state index contributed by atoms with van der Waals surface area (Å²) in [6.07, 6.45) is -18.3. The standard InChI is InChI=1S/C19H13F10O2/c1-10-7-11(9-30-2)15(12-5-3-4-6-14(12)31-19(27,28)29)13(8-10)16(20,17(21,22)23)18(24,25)26/h3-6,8H,9H2,1-2H3. The van der Waals surface area contributed by atoms with Gasteiger partial charge in [0.1, 0.15) is 5.75 Å². The van der Waals surface area contributed by atoms with Crippen LogP contribution in [0.3, 0.4) is 0 Å². The Bertz CT molecular complexity index is 915. The van der Waals surface area contributed by atoms with Crippen molar-refractivity contribution in [1.82, 2.24) is 0 Å². The van der Waals surface area contributed by atoms with Gasteiger partial charge in [0.2, 0.25) is 0 Å². The topological polar surface area (TPSA) is 18.5 Å². The fraction of sp³-hybridized carbons (Fsp3) is 0.368. The summed E-state index contributed by atoms with van der Waals surface area (Å²) in [7, 11) is 1.04. The molecule has 2 aromatic carbocycles. The Morgan fingerprint density at radius 3 is 1.90 bits per heavy atom. The van der Waals surface area contributed by atoms with Gasteiger partial charge in [-0.1, -0.05) is 24.3 Å². The van der Waals surface area contributed by atoms with E-state index in [1.165, 1.54) is 0 Å². The van der Waals surface area contributed by atoms with E-state index in [0.29, 0.717) is 6.07 Å². The van der Waals surface area contributed by atoms with Crippen molar-refractivity contribution in [2.45, 2.75) is 37.9 Å². The Morgan fingerprint density at radius 2 is 1.42 bits per heavy atom. The highest BCUT2D eigenvalue weighted by atomic mass is 19.4. The van der Waals surface area contributed by atoms with E-state index in [2.05, 4.69) is 10.8 Å². The van der Waals surface area contributed by atoms with Crippen molar-refractivity contribution in [1.29, 1.82) is 0 Å². The monoisotopic (exact) mass is 463 g/mol. The lowest BCUT2D eigenvalue weighted by Gasteiger charge is -2.33. The predicted octanol–water partition coefficient (Wildman–Crippen LogP) is 6.80. The van der Waals surface area contributed by atoms with Crippen LogP contribution in [0.25, 0.3) is 11.1 Å². The van der Waals surface area contributed by atoms with Crippen molar-refractivity contribution in [2.24, 2.45) is 0 Å². The molecular weight excluding hydrogens is 450 g/mol. The second-order valence-corrected chi connectivity index (χ2v) is 6.35. The van der Waals surface area contributed by atoms with Crippen molar-refractivity contribution >= 4 is 0 Å². The van der Waals surface area contributed by atoms with Crippen molar-refractivity contribution in [3.8, 4) is 16.9 Å². The van der Waals surface area contributed by atoms with E-state index in [0.717, 1.165) is 32.2 Å². The molecule has 0 aliphatic rings. The minimum Gasteiger partial charge on any atom is -0.405 e. The molecule has 2 rings (SSSR count). The van der Waals surface area contributed by atoms with Crippen molar-refractivity contribution in [3.63, 3.8) is 0 Å². The Morgan fingerprint density at radius 1 is 0.871 bits per heavy atom. The highest BCUT2D eigenvalue weighted by molar-refractivity contribution is 5.78. The quantitative estimate of drug-likeness (QED) is 0.455. The fourth-order valence-corrected chi connectivity index (χ4v) is 2.97. The largest absolute Gasteiger partial charge is 0.573 e. The van der Waals surface area contributed by atoms with Gasteiger partial charge in [-0.05, 0) is 35.7 Å². The molecule has 31 heavy (non-hydrogen) atoms. The fourth-order valence-electron chi connectivity index (χ4n) is 2.97. The van der Waals surface area contributed by atoms with Gasteiger partial charge in [0, 0.05) is 18.2 Å². The molecule has 2 aromatic rings. The van der Waals surface area contributed by atoms with E-state index in [1.807, 2.05) is 0 Å². The molecule has 0 saturated heterocycles. The predicted molar refractivity (Wildman–Crippen MR) is 87.7 cm³/mol. The molecule has 0 amide bonds. The van der Waals surface area contributed by atoms with Crippen molar-refractivity contribution < 1.29 is 53.4 Å². The zero-order valence-corrected chi connectivity index (χ0v) is 15.7. The molecule has 0 aliphatic heterocycles. The minimum absolute atomic E-state index is 0.236. The Kier molecular flexibility index (Phi) is 6.56. The zero-order chi connectivity index (χ0) is 23.8. The molecule has 0 aromatic heterocycles. The number of rotatable bonds is 5. The van der Waals surface area contributed by atoms with Crippen LogP contribution in [-0.4, -0.2) is 25.8 Å². The third kappa shape index (κ3) is 4.89. The highest BCUT2D eigenvalue weighted by Crippen LogP contribution is 2.56. The maximum Gasteiger partial charge on any atom is 0.573 e. The van der Waals surface area contributed by atoms with E-state index in [-0.39, 0.29) is 11.6 Å². The smallest absolute Gasteiger partial charge is 0.405 e. The number of methoxy groups -OCH3 is 1. The molecule has 0 aliphatic carbocycles. The molecule has 1 radical (unpaired) electrons. The van der Waals surface area contributed by atoms with Crippen LogP contribution in [0.4, 0.5) is 43.9 Å². The molecule has 0 bridgehead atoms. The third-order valence-corrected chi connectivity index (χ3v) is 4.10. The highest BCUT2D eigenvalue weighted by Gasteiger charge is 2.74. The number of hydrogen-bond donors (Lipinski definition) is 0. The number of benzene rings is 2. The van der Waals surface area contributed by atoms with Gasteiger partial charge < -0.3 is 9.47 Å². The molecule has 12 heteroatoms. The average molecular weight is 463 g/mol. The molecule has 0 fully saturated rings. The van der Waals surface area contributed by atoms with Crippen molar-refractivity contribution in [2.75, 3.05) is 7.11 Å². The number of aryl methyl sites for hydroxylation is 1. The SMILES string of the molecule is COCc1[c]c(C)cc(C(F)(C(F)(F)F)C(F)(F)F)c1-c1ccccc1OC(F)(F)F. The zero-order valence-electron chi connectivity index (χ0n) is 15.7. The van der Waals surface area contributed by atoms with Gasteiger partial charge in [0.05, 0.1) is 6.61 Å². The van der Waals surface area contributed by atoms with Gasteiger partial charge in [0.25, 0.3) is 0 Å². The summed E-state index contributed by atoms with van der Waals surface area (Å²) in [4.78, 5) is 0. The normalized spacial score (nSPS) is 13.4. The van der Waals surface area contributed by atoms with E-state index >= 15 is 0 Å². The van der Waals surface area contributed by atoms with Crippen LogP contribution < -0.4 is 4.74 Å². The van der Waals surface area contributed by atoms with Gasteiger partial charge in [-0.2, -0.15) is 26.3 Å². The number of ether oxygens (including phenoxy) is 2. The second-order valence-electron chi connectivity index (χ2n) is 6.35. The van der Waals surface area contributed by atoms with Crippen LogP contribution >= 0.6 is 0 Å². The van der Waals surface area contributed by atoms with E-state index in [4.69, 9.17) is 4.74 Å². The first-order valence-corrected chi connectivity index (χ1v) is 8.25. The minimum atomic E-state index is -6.49. The first kappa shape index (κ1) is 24.8. The number of alkyl halides is 10. The Balaban J connectivity index is 3.02. The Labute approximate surface area is 169 Å². The third-order valence-electron chi connectivity index (χ3n) is 4.10. The lowest BCUT2D eigenvalue weighted by atomic mass is 9.83. The second kappa shape index (κ2) is 8.21. The Hall–Kier alpha value is -2.50. The average Bonchev–Trinajstić information content (AvgIpc) is 2.58. The van der Waals surface area contributed by atoms with Crippen LogP contribution in [0.15, 0.2) is 30.3 Å². The van der Waals surface area contributed by atoms with Crippen LogP contribution in [0, 0.1) is 13.0 Å². The summed E-state index contributed by atoms with van der Waals surface area (Å²) < 4.78 is 143. The molecule has 171 valence electrons. The summed E-state index contributed by atoms with van der Waals surface area (Å²) in [6.45, 7) is 0.383. The van der Waals surface area contributed by atoms with Gasteiger partial charge >= 0.3 is 24.4 Å². The van der Waals surface area contributed by atoms with Crippen LogP contribution in [0.2, 0.25) is 0 Å². The molecule has 0 heterocycles. The maximum absolute atomic E-state index is 15.0. The molecule has 0 N–H and O–H groups in total. The molecular formula is C19H13F10O2. The first-order valence-electron chi connectivity index (χ1n) is 8.25. The molecule has 2 nitrogen and oxygen atoms in total. The van der Waals surface area contributed by atoms with E-state index in [9.17, 15) is 43.9 Å². The lowest BCUT2D eigenvalue weighted by Crippen LogP contribution is -2.50. The molecule has 0 unspecified atom stereocenters. The number of para-hydroxylation sites is 1. The number of hydrogen-bond acceptors (Lipinski definition) is 2. The van der Waals surface area contributed by atoms with Gasteiger partial charge in [-0.25, -0.2) is 4.39 Å². The van der Waals surface area contributed by atoms with Gasteiger partial charge in [0.15, 0.2) is 0 Å². The van der Waals surface area contributed by atoms with Gasteiger partial charge in [-0.3, -0.25) is 0 Å². The molecule has 0 spiro atoms. The van der Waals surface area contributed by atoms with Crippen LogP contribution in [-0.2, 0) is 17.0 Å². The summed E-state index contributed by atoms with van der Waals surface area (Å²) in [5.41, 5.74) is -10.7. The summed E-state index contributed by atoms with van der Waals surface area (Å²) in [5.74, 6) is -1.13. The maximum atomic E-state index is 15.0. The van der Waals surface area contributed by atoms with Crippen LogP contribution in [0.5, 0.6) is 5.75 Å². The summed E-state index contributed by atoms with van der Waals surface area (Å²) in [6, 6.07) is 6.15.